The van der Waals surface area contributed by atoms with Gasteiger partial charge in [0.05, 0.1) is 32.5 Å². The lowest BCUT2D eigenvalue weighted by molar-refractivity contribution is 0.0194. The van der Waals surface area contributed by atoms with Crippen molar-refractivity contribution in [2.45, 2.75) is 64.0 Å². The Kier molecular flexibility index (Phi) is 11.3. The molecule has 27 heavy (non-hydrogen) atoms. The highest BCUT2D eigenvalue weighted by atomic mass is 127. The van der Waals surface area contributed by atoms with Crippen molar-refractivity contribution >= 4 is 29.9 Å². The molecule has 1 saturated carbocycles. The second-order valence-electron chi connectivity index (χ2n) is 7.76. The van der Waals surface area contributed by atoms with Gasteiger partial charge < -0.3 is 19.7 Å². The van der Waals surface area contributed by atoms with E-state index in [-0.39, 0.29) is 24.0 Å². The molecule has 0 aromatic rings. The van der Waals surface area contributed by atoms with E-state index in [0.717, 1.165) is 65.0 Å². The summed E-state index contributed by atoms with van der Waals surface area (Å²) < 4.78 is 11.6. The van der Waals surface area contributed by atoms with Gasteiger partial charge in [0, 0.05) is 38.8 Å². The van der Waals surface area contributed by atoms with E-state index in [1.54, 1.807) is 0 Å². The molecule has 2 aliphatic heterocycles. The predicted octanol–water partition coefficient (Wildman–Crippen LogP) is 2.72. The zero-order valence-corrected chi connectivity index (χ0v) is 19.4. The van der Waals surface area contributed by atoms with Gasteiger partial charge in [0.25, 0.3) is 0 Å². The molecule has 1 aliphatic carbocycles. The summed E-state index contributed by atoms with van der Waals surface area (Å²) in [6.45, 7) is 10.6. The first-order valence-electron chi connectivity index (χ1n) is 10.8. The number of hydrogen-bond donors (Lipinski definition) is 1. The van der Waals surface area contributed by atoms with Crippen LogP contribution in [-0.4, -0.2) is 87.0 Å². The number of likely N-dealkylation sites (tertiary alicyclic amines) is 1. The van der Waals surface area contributed by atoms with E-state index in [1.165, 1.54) is 44.9 Å². The molecule has 0 radical (unpaired) electrons. The monoisotopic (exact) mass is 494 g/mol. The van der Waals surface area contributed by atoms with Crippen LogP contribution in [0.1, 0.15) is 51.9 Å². The summed E-state index contributed by atoms with van der Waals surface area (Å²) in [6, 6.07) is 0.644. The van der Waals surface area contributed by atoms with Crippen LogP contribution in [0.5, 0.6) is 0 Å². The van der Waals surface area contributed by atoms with Gasteiger partial charge in [0.2, 0.25) is 0 Å². The largest absolute Gasteiger partial charge is 0.379 e. The van der Waals surface area contributed by atoms with Crippen LogP contribution in [0.2, 0.25) is 0 Å². The summed E-state index contributed by atoms with van der Waals surface area (Å²) in [6.07, 6.45) is 9.56. The Morgan fingerprint density at radius 2 is 1.81 bits per heavy atom. The number of nitrogens with one attached hydrogen (secondary N) is 1. The number of nitrogens with zero attached hydrogens (tertiary/aromatic N) is 3. The van der Waals surface area contributed by atoms with Gasteiger partial charge in [-0.05, 0) is 26.2 Å². The van der Waals surface area contributed by atoms with E-state index in [1.807, 2.05) is 0 Å². The third kappa shape index (κ3) is 7.66. The van der Waals surface area contributed by atoms with Crippen LogP contribution in [0.3, 0.4) is 0 Å². The molecule has 6 nitrogen and oxygen atoms in total. The summed E-state index contributed by atoms with van der Waals surface area (Å²) in [5.74, 6) is 1.06. The third-order valence-corrected chi connectivity index (χ3v) is 5.87. The van der Waals surface area contributed by atoms with Crippen molar-refractivity contribution in [2.75, 3.05) is 59.1 Å². The quantitative estimate of drug-likeness (QED) is 0.202. The highest BCUT2D eigenvalue weighted by Crippen LogP contribution is 2.20. The van der Waals surface area contributed by atoms with Crippen molar-refractivity contribution in [3.05, 3.63) is 0 Å². The Bertz CT molecular complexity index is 424. The summed E-state index contributed by atoms with van der Waals surface area (Å²) in [5.41, 5.74) is 0. The van der Waals surface area contributed by atoms with Gasteiger partial charge in [0.15, 0.2) is 5.96 Å². The minimum atomic E-state index is 0. The number of guanidine groups is 1. The first-order chi connectivity index (χ1) is 12.9. The van der Waals surface area contributed by atoms with Crippen LogP contribution < -0.4 is 5.32 Å². The van der Waals surface area contributed by atoms with Gasteiger partial charge in [-0.3, -0.25) is 9.89 Å². The molecule has 7 heteroatoms. The zero-order chi connectivity index (χ0) is 18.0. The lowest BCUT2D eigenvalue weighted by atomic mass is 10.1. The molecule has 0 bridgehead atoms. The molecular weight excluding hydrogens is 455 g/mol. The molecule has 0 aromatic heterocycles. The van der Waals surface area contributed by atoms with E-state index in [9.17, 15) is 0 Å². The number of morpholine rings is 1. The fourth-order valence-corrected chi connectivity index (χ4v) is 4.38. The molecule has 3 fully saturated rings. The Morgan fingerprint density at radius 3 is 2.52 bits per heavy atom. The Balaban J connectivity index is 0.00000261. The van der Waals surface area contributed by atoms with E-state index >= 15 is 0 Å². The maximum Gasteiger partial charge on any atom is 0.194 e. The molecule has 2 heterocycles. The third-order valence-electron chi connectivity index (χ3n) is 5.87. The van der Waals surface area contributed by atoms with Crippen molar-refractivity contribution in [1.29, 1.82) is 0 Å². The normalized spacial score (nSPS) is 25.9. The zero-order valence-electron chi connectivity index (χ0n) is 17.0. The summed E-state index contributed by atoms with van der Waals surface area (Å²) in [5, 5.41) is 3.47. The summed E-state index contributed by atoms with van der Waals surface area (Å²) >= 11 is 0. The molecular formula is C20H39IN4O2. The second kappa shape index (κ2) is 13.2. The molecule has 2 saturated heterocycles. The Labute approximate surface area is 182 Å². The predicted molar refractivity (Wildman–Crippen MR) is 121 cm³/mol. The Morgan fingerprint density at radius 1 is 1.07 bits per heavy atom. The molecule has 1 atom stereocenters. The minimum Gasteiger partial charge on any atom is -0.379 e. The molecule has 0 aromatic carbocycles. The first-order valence-corrected chi connectivity index (χ1v) is 10.8. The molecule has 158 valence electrons. The smallest absolute Gasteiger partial charge is 0.194 e. The SMILES string of the molecule is CCNC(=NCCOC1CCCCCC1)N1CCC(N2CCOCC2)C1.I. The summed E-state index contributed by atoms with van der Waals surface area (Å²) in [4.78, 5) is 9.86. The van der Waals surface area contributed by atoms with Crippen LogP contribution in [0.4, 0.5) is 0 Å². The number of ether oxygens (including phenoxy) is 2. The van der Waals surface area contributed by atoms with Gasteiger partial charge in [-0.25, -0.2) is 0 Å². The van der Waals surface area contributed by atoms with Gasteiger partial charge >= 0.3 is 0 Å². The molecule has 1 N–H and O–H groups in total. The highest BCUT2D eigenvalue weighted by Gasteiger charge is 2.30. The van der Waals surface area contributed by atoms with Crippen molar-refractivity contribution < 1.29 is 9.47 Å². The van der Waals surface area contributed by atoms with Gasteiger partial charge in [-0.15, -0.1) is 24.0 Å². The molecule has 0 spiro atoms. The van der Waals surface area contributed by atoms with Crippen molar-refractivity contribution in [2.24, 2.45) is 4.99 Å². The molecule has 3 rings (SSSR count). The van der Waals surface area contributed by atoms with Crippen LogP contribution >= 0.6 is 24.0 Å². The molecule has 3 aliphatic rings. The average Bonchev–Trinajstić information content (AvgIpc) is 3.02. The number of aliphatic imine (C=N–C) groups is 1. The second-order valence-corrected chi connectivity index (χ2v) is 7.76. The lowest BCUT2D eigenvalue weighted by Gasteiger charge is -2.32. The van der Waals surface area contributed by atoms with E-state index in [2.05, 4.69) is 22.0 Å². The standard InChI is InChI=1S/C20H38N4O2.HI/c1-2-21-20(22-10-14-26-19-7-5-3-4-6-8-19)24-11-9-18(17-24)23-12-15-25-16-13-23;/h18-19H,2-17H2,1H3,(H,21,22);1H. The summed E-state index contributed by atoms with van der Waals surface area (Å²) in [7, 11) is 0. The Hall–Kier alpha value is -0.120. The van der Waals surface area contributed by atoms with Gasteiger partial charge in [-0.2, -0.15) is 0 Å². The molecule has 1 unspecified atom stereocenters. The van der Waals surface area contributed by atoms with E-state index in [4.69, 9.17) is 14.5 Å². The first kappa shape index (κ1) is 23.2. The van der Waals surface area contributed by atoms with Gasteiger partial charge in [0.1, 0.15) is 0 Å². The van der Waals surface area contributed by atoms with Crippen molar-refractivity contribution in [1.82, 2.24) is 15.1 Å². The minimum absolute atomic E-state index is 0. The maximum atomic E-state index is 6.09. The lowest BCUT2D eigenvalue weighted by Crippen LogP contribution is -2.46. The topological polar surface area (TPSA) is 49.3 Å². The van der Waals surface area contributed by atoms with Crippen LogP contribution in [0, 0.1) is 0 Å². The fraction of sp³-hybridized carbons (Fsp3) is 0.950. The van der Waals surface area contributed by atoms with Crippen LogP contribution in [0.15, 0.2) is 4.99 Å². The maximum absolute atomic E-state index is 6.09. The number of hydrogen-bond acceptors (Lipinski definition) is 4. The fourth-order valence-electron chi connectivity index (χ4n) is 4.38. The number of rotatable bonds is 6. The van der Waals surface area contributed by atoms with E-state index in [0.29, 0.717) is 12.1 Å². The van der Waals surface area contributed by atoms with Crippen LogP contribution in [0.25, 0.3) is 0 Å². The van der Waals surface area contributed by atoms with E-state index < -0.39 is 0 Å². The van der Waals surface area contributed by atoms with Crippen molar-refractivity contribution in [3.63, 3.8) is 0 Å². The van der Waals surface area contributed by atoms with Crippen molar-refractivity contribution in [3.8, 4) is 0 Å². The number of halogens is 1. The highest BCUT2D eigenvalue weighted by molar-refractivity contribution is 14.0. The molecule has 0 amide bonds. The van der Waals surface area contributed by atoms with Gasteiger partial charge in [-0.1, -0.05) is 25.7 Å². The van der Waals surface area contributed by atoms with Crippen LogP contribution in [-0.2, 0) is 9.47 Å². The average molecular weight is 494 g/mol.